The molecule has 2 aromatic heterocycles. The number of aromatic nitrogens is 3. The fourth-order valence-electron chi connectivity index (χ4n) is 2.26. The first-order chi connectivity index (χ1) is 9.56. The van der Waals surface area contributed by atoms with Crippen LogP contribution < -0.4 is 0 Å². The second kappa shape index (κ2) is 4.72. The molecular weight excluding hydrogens is 250 g/mol. The highest BCUT2D eigenvalue weighted by Gasteiger charge is 2.08. The minimum Gasteiger partial charge on any atom is -0.387 e. The van der Waals surface area contributed by atoms with E-state index in [4.69, 9.17) is 0 Å². The molecule has 0 aliphatic rings. The van der Waals surface area contributed by atoms with E-state index < -0.39 is 6.10 Å². The SMILES string of the molecule is Cc1cc2ncn(-c3ccc([C@@H](C)O)nc3)c2cc1C. The number of imidazole rings is 1. The van der Waals surface area contributed by atoms with Crippen molar-refractivity contribution in [3.8, 4) is 5.69 Å². The molecule has 0 saturated heterocycles. The molecule has 1 aromatic carbocycles. The lowest BCUT2D eigenvalue weighted by Crippen LogP contribution is -1.98. The highest BCUT2D eigenvalue weighted by Crippen LogP contribution is 2.22. The number of rotatable bonds is 2. The number of fused-ring (bicyclic) bond motifs is 1. The Bertz CT molecular complexity index is 757. The van der Waals surface area contributed by atoms with Crippen LogP contribution in [-0.2, 0) is 0 Å². The molecule has 2 heterocycles. The van der Waals surface area contributed by atoms with Crippen LogP contribution in [0.25, 0.3) is 16.7 Å². The lowest BCUT2D eigenvalue weighted by molar-refractivity contribution is 0.194. The molecule has 0 spiro atoms. The van der Waals surface area contributed by atoms with E-state index in [1.807, 2.05) is 23.0 Å². The first kappa shape index (κ1) is 12.8. The number of hydrogen-bond acceptors (Lipinski definition) is 3. The summed E-state index contributed by atoms with van der Waals surface area (Å²) in [5.41, 5.74) is 6.15. The van der Waals surface area contributed by atoms with Crippen molar-refractivity contribution >= 4 is 11.0 Å². The van der Waals surface area contributed by atoms with Crippen LogP contribution in [0.5, 0.6) is 0 Å². The molecule has 0 saturated carbocycles. The van der Waals surface area contributed by atoms with Gasteiger partial charge in [0.25, 0.3) is 0 Å². The van der Waals surface area contributed by atoms with E-state index in [9.17, 15) is 5.11 Å². The Balaban J connectivity index is 2.12. The molecule has 102 valence electrons. The van der Waals surface area contributed by atoms with Crippen LogP contribution in [0.15, 0.2) is 36.8 Å². The van der Waals surface area contributed by atoms with Crippen molar-refractivity contribution in [3.63, 3.8) is 0 Å². The maximum absolute atomic E-state index is 9.50. The number of hydrogen-bond donors (Lipinski definition) is 1. The molecule has 4 heteroatoms. The van der Waals surface area contributed by atoms with Gasteiger partial charge < -0.3 is 5.11 Å². The first-order valence-corrected chi connectivity index (χ1v) is 6.65. The Kier molecular flexibility index (Phi) is 3.03. The summed E-state index contributed by atoms with van der Waals surface area (Å²) in [4.78, 5) is 8.72. The minimum absolute atomic E-state index is 0.548. The van der Waals surface area contributed by atoms with Gasteiger partial charge in [-0.25, -0.2) is 4.98 Å². The van der Waals surface area contributed by atoms with Gasteiger partial charge in [-0.3, -0.25) is 9.55 Å². The summed E-state index contributed by atoms with van der Waals surface area (Å²) in [6.45, 7) is 5.90. The van der Waals surface area contributed by atoms with E-state index in [1.165, 1.54) is 11.1 Å². The molecule has 0 bridgehead atoms. The van der Waals surface area contributed by atoms with E-state index in [-0.39, 0.29) is 0 Å². The smallest absolute Gasteiger partial charge is 0.100 e. The van der Waals surface area contributed by atoms with Gasteiger partial charge in [-0.2, -0.15) is 0 Å². The number of nitrogens with zero attached hydrogens (tertiary/aromatic N) is 3. The molecule has 0 amide bonds. The number of aliphatic hydroxyl groups is 1. The topological polar surface area (TPSA) is 50.9 Å². The van der Waals surface area contributed by atoms with E-state index in [0.717, 1.165) is 16.7 Å². The zero-order chi connectivity index (χ0) is 14.3. The van der Waals surface area contributed by atoms with Crippen molar-refractivity contribution in [2.24, 2.45) is 0 Å². The van der Waals surface area contributed by atoms with Gasteiger partial charge in [0.2, 0.25) is 0 Å². The molecule has 1 atom stereocenters. The Morgan fingerprint density at radius 2 is 1.85 bits per heavy atom. The molecule has 0 fully saturated rings. The summed E-state index contributed by atoms with van der Waals surface area (Å²) < 4.78 is 2.01. The molecule has 3 rings (SSSR count). The average molecular weight is 267 g/mol. The third-order valence-electron chi connectivity index (χ3n) is 3.64. The lowest BCUT2D eigenvalue weighted by atomic mass is 10.1. The zero-order valence-electron chi connectivity index (χ0n) is 11.8. The van der Waals surface area contributed by atoms with Crippen LogP contribution in [0, 0.1) is 13.8 Å². The Morgan fingerprint density at radius 3 is 2.50 bits per heavy atom. The normalized spacial score (nSPS) is 12.8. The molecule has 3 aromatic rings. The fraction of sp³-hybridized carbons (Fsp3) is 0.250. The number of aryl methyl sites for hydroxylation is 2. The Morgan fingerprint density at radius 1 is 1.10 bits per heavy atom. The van der Waals surface area contributed by atoms with Gasteiger partial charge in [-0.15, -0.1) is 0 Å². The van der Waals surface area contributed by atoms with Crippen LogP contribution in [0.2, 0.25) is 0 Å². The highest BCUT2D eigenvalue weighted by atomic mass is 16.3. The van der Waals surface area contributed by atoms with Gasteiger partial charge in [0.05, 0.1) is 34.7 Å². The van der Waals surface area contributed by atoms with Crippen molar-refractivity contribution < 1.29 is 5.11 Å². The average Bonchev–Trinajstić information content (AvgIpc) is 2.82. The summed E-state index contributed by atoms with van der Waals surface area (Å²) in [5.74, 6) is 0. The van der Waals surface area contributed by atoms with Gasteiger partial charge in [0.1, 0.15) is 6.33 Å². The standard InChI is InChI=1S/C16H17N3O/c1-10-6-15-16(7-11(10)2)19(9-18-15)13-4-5-14(12(3)20)17-8-13/h4-9,12,20H,1-3H3/t12-/m1/s1. The van der Waals surface area contributed by atoms with Crippen LogP contribution in [0.3, 0.4) is 0 Å². The van der Waals surface area contributed by atoms with Crippen LogP contribution in [0.1, 0.15) is 29.8 Å². The Hall–Kier alpha value is -2.20. The Labute approximate surface area is 117 Å². The second-order valence-corrected chi connectivity index (χ2v) is 5.16. The predicted octanol–water partition coefficient (Wildman–Crippen LogP) is 3.09. The van der Waals surface area contributed by atoms with Gasteiger partial charge in [-0.05, 0) is 56.2 Å². The van der Waals surface area contributed by atoms with Crippen molar-refractivity contribution in [3.05, 3.63) is 53.6 Å². The van der Waals surface area contributed by atoms with Gasteiger partial charge >= 0.3 is 0 Å². The summed E-state index contributed by atoms with van der Waals surface area (Å²) >= 11 is 0. The quantitative estimate of drug-likeness (QED) is 0.776. The third-order valence-corrected chi connectivity index (χ3v) is 3.64. The second-order valence-electron chi connectivity index (χ2n) is 5.16. The molecular formula is C16H17N3O. The van der Waals surface area contributed by atoms with Crippen LogP contribution in [0.4, 0.5) is 0 Å². The molecule has 4 nitrogen and oxygen atoms in total. The van der Waals surface area contributed by atoms with Crippen LogP contribution in [-0.4, -0.2) is 19.6 Å². The molecule has 1 N–H and O–H groups in total. The fourth-order valence-corrected chi connectivity index (χ4v) is 2.26. The summed E-state index contributed by atoms with van der Waals surface area (Å²) in [7, 11) is 0. The molecule has 0 aliphatic carbocycles. The van der Waals surface area contributed by atoms with Crippen molar-refractivity contribution in [1.29, 1.82) is 0 Å². The van der Waals surface area contributed by atoms with E-state index >= 15 is 0 Å². The summed E-state index contributed by atoms with van der Waals surface area (Å²) in [5, 5.41) is 9.50. The summed E-state index contributed by atoms with van der Waals surface area (Å²) in [6, 6.07) is 8.03. The van der Waals surface area contributed by atoms with E-state index in [0.29, 0.717) is 5.69 Å². The monoisotopic (exact) mass is 267 g/mol. The van der Waals surface area contributed by atoms with Crippen molar-refractivity contribution in [1.82, 2.24) is 14.5 Å². The largest absolute Gasteiger partial charge is 0.387 e. The number of pyridine rings is 1. The number of benzene rings is 1. The van der Waals surface area contributed by atoms with Gasteiger partial charge in [0.15, 0.2) is 0 Å². The minimum atomic E-state index is -0.548. The molecule has 0 aliphatic heterocycles. The van der Waals surface area contributed by atoms with Gasteiger partial charge in [-0.1, -0.05) is 0 Å². The van der Waals surface area contributed by atoms with E-state index in [2.05, 4.69) is 35.9 Å². The van der Waals surface area contributed by atoms with Gasteiger partial charge in [0, 0.05) is 0 Å². The van der Waals surface area contributed by atoms with Crippen molar-refractivity contribution in [2.75, 3.05) is 0 Å². The number of aliphatic hydroxyl groups excluding tert-OH is 1. The zero-order valence-corrected chi connectivity index (χ0v) is 11.8. The lowest BCUT2D eigenvalue weighted by Gasteiger charge is -2.08. The molecule has 0 unspecified atom stereocenters. The molecule has 20 heavy (non-hydrogen) atoms. The maximum atomic E-state index is 9.50. The predicted molar refractivity (Wildman–Crippen MR) is 79.0 cm³/mol. The van der Waals surface area contributed by atoms with Crippen LogP contribution >= 0.6 is 0 Å². The first-order valence-electron chi connectivity index (χ1n) is 6.65. The molecule has 0 radical (unpaired) electrons. The van der Waals surface area contributed by atoms with Crippen molar-refractivity contribution in [2.45, 2.75) is 26.9 Å². The van der Waals surface area contributed by atoms with E-state index in [1.54, 1.807) is 13.1 Å². The summed E-state index contributed by atoms with van der Waals surface area (Å²) in [6.07, 6.45) is 3.02. The third kappa shape index (κ3) is 2.08. The highest BCUT2D eigenvalue weighted by molar-refractivity contribution is 5.79. The maximum Gasteiger partial charge on any atom is 0.100 e.